The predicted octanol–water partition coefficient (Wildman–Crippen LogP) is 0.874. The zero-order valence-corrected chi connectivity index (χ0v) is 9.20. The van der Waals surface area contributed by atoms with E-state index < -0.39 is 5.54 Å². The molecule has 1 atom stereocenters. The van der Waals surface area contributed by atoms with E-state index in [0.29, 0.717) is 12.2 Å². The average molecular weight is 212 g/mol. The smallest absolute Gasteiger partial charge is 0.273 e. The molecule has 0 radical (unpaired) electrons. The van der Waals surface area contributed by atoms with Crippen LogP contribution in [0.2, 0.25) is 0 Å². The second-order valence-corrected chi connectivity index (χ2v) is 3.85. The summed E-state index contributed by atoms with van der Waals surface area (Å²) < 4.78 is 4.79. The lowest BCUT2D eigenvalue weighted by Gasteiger charge is -2.26. The summed E-state index contributed by atoms with van der Waals surface area (Å²) in [7, 11) is 0. The number of nitrogens with one attached hydrogen (secondary N) is 1. The third-order valence-electron chi connectivity index (χ3n) is 2.41. The number of aryl methyl sites for hydroxylation is 1. The van der Waals surface area contributed by atoms with E-state index in [2.05, 4.69) is 10.5 Å². The van der Waals surface area contributed by atoms with Crippen LogP contribution in [0.4, 0.5) is 0 Å². The zero-order valence-electron chi connectivity index (χ0n) is 9.20. The molecule has 0 bridgehead atoms. The second-order valence-electron chi connectivity index (χ2n) is 3.85. The van der Waals surface area contributed by atoms with Crippen LogP contribution in [-0.2, 0) is 0 Å². The number of hydrogen-bond acceptors (Lipinski definition) is 4. The molecule has 1 aromatic heterocycles. The number of hydrogen-bond donors (Lipinski definition) is 2. The summed E-state index contributed by atoms with van der Waals surface area (Å²) in [4.78, 5) is 11.6. The van der Waals surface area contributed by atoms with Gasteiger partial charge in [0.25, 0.3) is 5.91 Å². The molecule has 1 unspecified atom stereocenters. The maximum absolute atomic E-state index is 11.6. The molecule has 0 spiro atoms. The second kappa shape index (κ2) is 4.44. The van der Waals surface area contributed by atoms with Gasteiger partial charge in [0.2, 0.25) is 0 Å². The Labute approximate surface area is 88.5 Å². The number of amides is 1. The highest BCUT2D eigenvalue weighted by molar-refractivity contribution is 5.92. The van der Waals surface area contributed by atoms with Crippen molar-refractivity contribution < 1.29 is 14.4 Å². The summed E-state index contributed by atoms with van der Waals surface area (Å²) in [5.41, 5.74) is -0.371. The molecule has 0 aliphatic rings. The molecule has 0 saturated heterocycles. The van der Waals surface area contributed by atoms with Gasteiger partial charge in [0, 0.05) is 6.07 Å². The van der Waals surface area contributed by atoms with Crippen molar-refractivity contribution in [1.29, 1.82) is 0 Å². The fraction of sp³-hybridized carbons (Fsp3) is 0.600. The summed E-state index contributed by atoms with van der Waals surface area (Å²) >= 11 is 0. The SMILES string of the molecule is CCC(C)(CO)NC(=O)c1cc(C)on1. The monoisotopic (exact) mass is 212 g/mol. The van der Waals surface area contributed by atoms with Crippen LogP contribution in [0.25, 0.3) is 0 Å². The molecular formula is C10H16N2O3. The Kier molecular flexibility index (Phi) is 3.47. The highest BCUT2D eigenvalue weighted by atomic mass is 16.5. The standard InChI is InChI=1S/C10H16N2O3/c1-4-10(3,6-13)11-9(14)8-5-7(2)15-12-8/h5,13H,4,6H2,1-3H3,(H,11,14). The number of aromatic nitrogens is 1. The third kappa shape index (κ3) is 2.79. The summed E-state index contributed by atoms with van der Waals surface area (Å²) in [5, 5.41) is 15.4. The lowest BCUT2D eigenvalue weighted by Crippen LogP contribution is -2.48. The molecule has 1 heterocycles. The van der Waals surface area contributed by atoms with Gasteiger partial charge < -0.3 is 14.9 Å². The van der Waals surface area contributed by atoms with Gasteiger partial charge in [-0.1, -0.05) is 12.1 Å². The van der Waals surface area contributed by atoms with E-state index in [1.807, 2.05) is 6.92 Å². The highest BCUT2D eigenvalue weighted by Crippen LogP contribution is 2.10. The summed E-state index contributed by atoms with van der Waals surface area (Å²) in [6, 6.07) is 1.56. The minimum Gasteiger partial charge on any atom is -0.394 e. The molecule has 15 heavy (non-hydrogen) atoms. The zero-order chi connectivity index (χ0) is 11.5. The van der Waals surface area contributed by atoms with Crippen LogP contribution in [0.15, 0.2) is 10.6 Å². The van der Waals surface area contributed by atoms with Gasteiger partial charge in [0.15, 0.2) is 5.69 Å². The Bertz CT molecular complexity index is 342. The molecule has 5 nitrogen and oxygen atoms in total. The molecule has 84 valence electrons. The third-order valence-corrected chi connectivity index (χ3v) is 2.41. The Balaban J connectivity index is 2.71. The molecule has 1 rings (SSSR count). The van der Waals surface area contributed by atoms with Crippen molar-refractivity contribution >= 4 is 5.91 Å². The van der Waals surface area contributed by atoms with Gasteiger partial charge in [-0.2, -0.15) is 0 Å². The largest absolute Gasteiger partial charge is 0.394 e. The first-order chi connectivity index (χ1) is 7.00. The van der Waals surface area contributed by atoms with Gasteiger partial charge in [-0.15, -0.1) is 0 Å². The fourth-order valence-electron chi connectivity index (χ4n) is 1.05. The molecule has 0 aliphatic carbocycles. The molecule has 1 aromatic rings. The first-order valence-corrected chi connectivity index (χ1v) is 4.87. The summed E-state index contributed by atoms with van der Waals surface area (Å²) in [6.45, 7) is 5.28. The van der Waals surface area contributed by atoms with Crippen LogP contribution in [0.1, 0.15) is 36.5 Å². The van der Waals surface area contributed by atoms with E-state index in [1.54, 1.807) is 19.9 Å². The number of nitrogens with zero attached hydrogens (tertiary/aromatic N) is 1. The summed E-state index contributed by atoms with van der Waals surface area (Å²) in [5.74, 6) is 0.257. The first kappa shape index (κ1) is 11.7. The molecule has 0 aromatic carbocycles. The Morgan fingerprint density at radius 3 is 2.80 bits per heavy atom. The van der Waals surface area contributed by atoms with Crippen LogP contribution >= 0.6 is 0 Å². The Hall–Kier alpha value is -1.36. The molecular weight excluding hydrogens is 196 g/mol. The van der Waals surface area contributed by atoms with Gasteiger partial charge in [-0.3, -0.25) is 4.79 Å². The topological polar surface area (TPSA) is 75.4 Å². The van der Waals surface area contributed by atoms with E-state index >= 15 is 0 Å². The maximum Gasteiger partial charge on any atom is 0.273 e. The maximum atomic E-state index is 11.6. The molecule has 5 heteroatoms. The molecule has 0 aliphatic heterocycles. The van der Waals surface area contributed by atoms with E-state index in [-0.39, 0.29) is 18.2 Å². The van der Waals surface area contributed by atoms with Crippen LogP contribution < -0.4 is 5.32 Å². The molecule has 0 fully saturated rings. The predicted molar refractivity (Wildman–Crippen MR) is 54.5 cm³/mol. The van der Waals surface area contributed by atoms with Crippen LogP contribution in [-0.4, -0.2) is 28.3 Å². The van der Waals surface area contributed by atoms with Gasteiger partial charge in [0.1, 0.15) is 5.76 Å². The van der Waals surface area contributed by atoms with Crippen molar-refractivity contribution in [2.24, 2.45) is 0 Å². The minimum absolute atomic E-state index is 0.105. The summed E-state index contributed by atoms with van der Waals surface area (Å²) in [6.07, 6.45) is 0.645. The van der Waals surface area contributed by atoms with Gasteiger partial charge in [0.05, 0.1) is 12.1 Å². The molecule has 0 saturated carbocycles. The number of carbonyl (C=O) groups excluding carboxylic acids is 1. The number of aliphatic hydroxyl groups is 1. The van der Waals surface area contributed by atoms with Crippen molar-refractivity contribution in [2.45, 2.75) is 32.7 Å². The van der Waals surface area contributed by atoms with Crippen molar-refractivity contribution in [3.63, 3.8) is 0 Å². The van der Waals surface area contributed by atoms with Gasteiger partial charge in [-0.05, 0) is 20.3 Å². The average Bonchev–Trinajstić information content (AvgIpc) is 2.65. The van der Waals surface area contributed by atoms with Crippen LogP contribution in [0, 0.1) is 6.92 Å². The van der Waals surface area contributed by atoms with Gasteiger partial charge in [-0.25, -0.2) is 0 Å². The van der Waals surface area contributed by atoms with Crippen LogP contribution in [0.5, 0.6) is 0 Å². The lowest BCUT2D eigenvalue weighted by molar-refractivity contribution is 0.0838. The van der Waals surface area contributed by atoms with Gasteiger partial charge >= 0.3 is 0 Å². The number of aliphatic hydroxyl groups excluding tert-OH is 1. The minimum atomic E-state index is -0.607. The molecule has 1 amide bonds. The highest BCUT2D eigenvalue weighted by Gasteiger charge is 2.25. The van der Waals surface area contributed by atoms with Crippen molar-refractivity contribution in [2.75, 3.05) is 6.61 Å². The van der Waals surface area contributed by atoms with E-state index in [4.69, 9.17) is 9.63 Å². The van der Waals surface area contributed by atoms with Crippen molar-refractivity contribution in [1.82, 2.24) is 10.5 Å². The van der Waals surface area contributed by atoms with Crippen molar-refractivity contribution in [3.05, 3.63) is 17.5 Å². The lowest BCUT2D eigenvalue weighted by atomic mass is 10.0. The van der Waals surface area contributed by atoms with E-state index in [1.165, 1.54) is 0 Å². The Morgan fingerprint density at radius 2 is 2.40 bits per heavy atom. The quantitative estimate of drug-likeness (QED) is 0.776. The van der Waals surface area contributed by atoms with Crippen LogP contribution in [0.3, 0.4) is 0 Å². The normalized spacial score (nSPS) is 14.7. The first-order valence-electron chi connectivity index (χ1n) is 4.87. The fourth-order valence-corrected chi connectivity index (χ4v) is 1.05. The van der Waals surface area contributed by atoms with E-state index in [0.717, 1.165) is 0 Å². The number of rotatable bonds is 4. The molecule has 2 N–H and O–H groups in total. The van der Waals surface area contributed by atoms with Crippen molar-refractivity contribution in [3.8, 4) is 0 Å². The number of carbonyl (C=O) groups is 1. The van der Waals surface area contributed by atoms with E-state index in [9.17, 15) is 4.79 Å². The Morgan fingerprint density at radius 1 is 1.73 bits per heavy atom.